The molecule has 0 unspecified atom stereocenters. The van der Waals surface area contributed by atoms with E-state index in [0.29, 0.717) is 12.5 Å². The normalized spacial score (nSPS) is 10.4. The second-order valence-corrected chi connectivity index (χ2v) is 4.48. The molecule has 0 atom stereocenters. The number of amides is 1. The number of aromatic nitrogens is 2. The van der Waals surface area contributed by atoms with Crippen LogP contribution in [0.5, 0.6) is 0 Å². The fourth-order valence-electron chi connectivity index (χ4n) is 1.83. The Bertz CT molecular complexity index is 599. The zero-order valence-corrected chi connectivity index (χ0v) is 11.5. The number of benzene rings is 1. The van der Waals surface area contributed by atoms with E-state index in [4.69, 9.17) is 5.73 Å². The summed E-state index contributed by atoms with van der Waals surface area (Å²) in [6.07, 6.45) is 1.27. The van der Waals surface area contributed by atoms with E-state index in [2.05, 4.69) is 27.5 Å². The lowest BCUT2D eigenvalue weighted by Crippen LogP contribution is -2.16. The van der Waals surface area contributed by atoms with E-state index in [-0.39, 0.29) is 12.3 Å². The highest BCUT2D eigenvalue weighted by Crippen LogP contribution is 2.21. The molecule has 0 aliphatic heterocycles. The molecule has 6 heteroatoms. The molecule has 0 saturated carbocycles. The smallest absolute Gasteiger partial charge is 0.225 e. The largest absolute Gasteiger partial charge is 0.370 e. The number of carbonyl (C=O) groups excluding carboxylic acids is 1. The Morgan fingerprint density at radius 1 is 1.20 bits per heavy atom. The summed E-state index contributed by atoms with van der Waals surface area (Å²) in [5.41, 5.74) is 6.00. The molecular formula is C14H19N5O. The first-order valence-electron chi connectivity index (χ1n) is 6.73. The van der Waals surface area contributed by atoms with E-state index >= 15 is 0 Å². The summed E-state index contributed by atoms with van der Waals surface area (Å²) in [6, 6.07) is 7.76. The number of carbonyl (C=O) groups is 1. The Balaban J connectivity index is 2.26. The van der Waals surface area contributed by atoms with Crippen molar-refractivity contribution in [3.8, 4) is 0 Å². The van der Waals surface area contributed by atoms with Crippen molar-refractivity contribution in [3.63, 3.8) is 0 Å². The van der Waals surface area contributed by atoms with Crippen molar-refractivity contribution in [2.45, 2.75) is 19.8 Å². The molecule has 106 valence electrons. The molecule has 0 bridgehead atoms. The average Bonchev–Trinajstić information content (AvgIpc) is 2.44. The number of hydrogen-bond acceptors (Lipinski definition) is 5. The van der Waals surface area contributed by atoms with Gasteiger partial charge >= 0.3 is 0 Å². The van der Waals surface area contributed by atoms with E-state index in [9.17, 15) is 4.79 Å². The summed E-state index contributed by atoms with van der Waals surface area (Å²) in [6.45, 7) is 3.36. The van der Waals surface area contributed by atoms with Crippen LogP contribution in [-0.2, 0) is 4.79 Å². The third-order valence-corrected chi connectivity index (χ3v) is 2.80. The number of nitrogens with zero attached hydrogens (tertiary/aromatic N) is 2. The molecule has 0 spiro atoms. The highest BCUT2D eigenvalue weighted by molar-refractivity contribution is 5.90. The summed E-state index contributed by atoms with van der Waals surface area (Å²) >= 11 is 0. The van der Waals surface area contributed by atoms with Crippen LogP contribution in [0.4, 0.5) is 11.8 Å². The van der Waals surface area contributed by atoms with Gasteiger partial charge in [-0.1, -0.05) is 19.1 Å². The lowest BCUT2D eigenvalue weighted by atomic mass is 10.2. The molecule has 2 aromatic rings. The highest BCUT2D eigenvalue weighted by Gasteiger charge is 2.07. The summed E-state index contributed by atoms with van der Waals surface area (Å²) in [5, 5.41) is 7.25. The van der Waals surface area contributed by atoms with Gasteiger partial charge in [-0.05, 0) is 18.6 Å². The summed E-state index contributed by atoms with van der Waals surface area (Å²) in [7, 11) is 0. The third kappa shape index (κ3) is 3.57. The maximum absolute atomic E-state index is 10.8. The van der Waals surface area contributed by atoms with Gasteiger partial charge in [0.05, 0.1) is 5.52 Å². The molecule has 0 saturated heterocycles. The van der Waals surface area contributed by atoms with Crippen LogP contribution in [0.1, 0.15) is 19.8 Å². The molecule has 4 N–H and O–H groups in total. The number of hydrogen-bond donors (Lipinski definition) is 3. The lowest BCUT2D eigenvalue weighted by Gasteiger charge is -2.11. The number of anilines is 2. The molecule has 1 aromatic carbocycles. The van der Waals surface area contributed by atoms with Gasteiger partial charge in [-0.2, -0.15) is 4.98 Å². The first-order chi connectivity index (χ1) is 9.70. The van der Waals surface area contributed by atoms with Gasteiger partial charge in [0, 0.05) is 24.9 Å². The van der Waals surface area contributed by atoms with E-state index in [0.717, 1.165) is 29.7 Å². The molecule has 6 nitrogen and oxygen atoms in total. The van der Waals surface area contributed by atoms with Crippen molar-refractivity contribution >= 4 is 28.6 Å². The number of primary amides is 1. The predicted octanol–water partition coefficient (Wildman–Crippen LogP) is 1.74. The number of para-hydroxylation sites is 1. The van der Waals surface area contributed by atoms with E-state index in [1.54, 1.807) is 0 Å². The summed E-state index contributed by atoms with van der Waals surface area (Å²) < 4.78 is 0. The Kier molecular flexibility index (Phi) is 4.70. The molecular weight excluding hydrogens is 254 g/mol. The lowest BCUT2D eigenvalue weighted by molar-refractivity contribution is -0.117. The van der Waals surface area contributed by atoms with Crippen molar-refractivity contribution < 1.29 is 4.79 Å². The monoisotopic (exact) mass is 273 g/mol. The van der Waals surface area contributed by atoms with Gasteiger partial charge in [0.1, 0.15) is 5.82 Å². The SMILES string of the molecule is CCCNc1nc(NCCC(N)=O)c2ccccc2n1. The number of fused-ring (bicyclic) bond motifs is 1. The van der Waals surface area contributed by atoms with Crippen LogP contribution >= 0.6 is 0 Å². The van der Waals surface area contributed by atoms with E-state index in [1.807, 2.05) is 24.3 Å². The summed E-state index contributed by atoms with van der Waals surface area (Å²) in [5.74, 6) is 0.975. The second-order valence-electron chi connectivity index (χ2n) is 4.48. The van der Waals surface area contributed by atoms with Gasteiger partial charge in [-0.25, -0.2) is 4.98 Å². The topological polar surface area (TPSA) is 92.9 Å². The van der Waals surface area contributed by atoms with Gasteiger partial charge in [0.2, 0.25) is 11.9 Å². The molecule has 20 heavy (non-hydrogen) atoms. The van der Waals surface area contributed by atoms with Gasteiger partial charge in [0.25, 0.3) is 0 Å². The first kappa shape index (κ1) is 14.0. The number of nitrogens with one attached hydrogen (secondary N) is 2. The molecule has 2 rings (SSSR count). The Morgan fingerprint density at radius 3 is 2.75 bits per heavy atom. The minimum absolute atomic E-state index is 0.274. The third-order valence-electron chi connectivity index (χ3n) is 2.80. The van der Waals surface area contributed by atoms with Crippen molar-refractivity contribution in [1.29, 1.82) is 0 Å². The minimum atomic E-state index is -0.333. The van der Waals surface area contributed by atoms with Crippen LogP contribution in [-0.4, -0.2) is 29.0 Å². The van der Waals surface area contributed by atoms with Crippen LogP contribution in [0.2, 0.25) is 0 Å². The van der Waals surface area contributed by atoms with Crippen LogP contribution < -0.4 is 16.4 Å². The fraction of sp³-hybridized carbons (Fsp3) is 0.357. The standard InChI is InChI=1S/C14H19N5O/c1-2-8-17-14-18-11-6-4-3-5-10(11)13(19-14)16-9-7-12(15)20/h3-6H,2,7-9H2,1H3,(H2,15,20)(H2,16,17,18,19). The molecule has 1 heterocycles. The van der Waals surface area contributed by atoms with Crippen molar-refractivity contribution in [1.82, 2.24) is 9.97 Å². The van der Waals surface area contributed by atoms with Gasteiger partial charge < -0.3 is 16.4 Å². The molecule has 0 aliphatic rings. The molecule has 0 radical (unpaired) electrons. The summed E-state index contributed by atoms with van der Waals surface area (Å²) in [4.78, 5) is 19.7. The highest BCUT2D eigenvalue weighted by atomic mass is 16.1. The van der Waals surface area contributed by atoms with Crippen molar-refractivity contribution in [3.05, 3.63) is 24.3 Å². The molecule has 1 amide bonds. The number of nitrogens with two attached hydrogens (primary N) is 1. The first-order valence-corrected chi connectivity index (χ1v) is 6.73. The van der Waals surface area contributed by atoms with Gasteiger partial charge in [-0.3, -0.25) is 4.79 Å². The zero-order valence-electron chi connectivity index (χ0n) is 11.5. The fourth-order valence-corrected chi connectivity index (χ4v) is 1.83. The molecule has 1 aromatic heterocycles. The predicted molar refractivity (Wildman–Crippen MR) is 80.6 cm³/mol. The van der Waals surface area contributed by atoms with Crippen LogP contribution in [0.15, 0.2) is 24.3 Å². The van der Waals surface area contributed by atoms with E-state index < -0.39 is 0 Å². The van der Waals surface area contributed by atoms with Crippen molar-refractivity contribution in [2.75, 3.05) is 23.7 Å². The quantitative estimate of drug-likeness (QED) is 0.714. The maximum atomic E-state index is 10.8. The maximum Gasteiger partial charge on any atom is 0.225 e. The second kappa shape index (κ2) is 6.70. The van der Waals surface area contributed by atoms with Crippen LogP contribution in [0.25, 0.3) is 10.9 Å². The molecule has 0 fully saturated rings. The van der Waals surface area contributed by atoms with Gasteiger partial charge in [-0.15, -0.1) is 0 Å². The van der Waals surface area contributed by atoms with E-state index in [1.165, 1.54) is 0 Å². The Labute approximate surface area is 117 Å². The van der Waals surface area contributed by atoms with Crippen LogP contribution in [0.3, 0.4) is 0 Å². The Morgan fingerprint density at radius 2 is 2.00 bits per heavy atom. The average molecular weight is 273 g/mol. The Hall–Kier alpha value is -2.37. The van der Waals surface area contributed by atoms with Crippen molar-refractivity contribution in [2.24, 2.45) is 5.73 Å². The number of rotatable bonds is 7. The zero-order chi connectivity index (χ0) is 14.4. The van der Waals surface area contributed by atoms with Gasteiger partial charge in [0.15, 0.2) is 0 Å². The molecule has 0 aliphatic carbocycles. The van der Waals surface area contributed by atoms with Crippen LogP contribution in [0, 0.1) is 0 Å². The minimum Gasteiger partial charge on any atom is -0.370 e.